The number of rotatable bonds is 3. The van der Waals surface area contributed by atoms with E-state index >= 15 is 0 Å². The third-order valence-corrected chi connectivity index (χ3v) is 3.46. The summed E-state index contributed by atoms with van der Waals surface area (Å²) in [5.41, 5.74) is 0.888. The van der Waals surface area contributed by atoms with Crippen LogP contribution in [0.1, 0.15) is 10.4 Å². The molecule has 0 atom stereocenters. The van der Waals surface area contributed by atoms with Gasteiger partial charge in [0, 0.05) is 19.6 Å². The van der Waals surface area contributed by atoms with E-state index in [9.17, 15) is 9.59 Å². The van der Waals surface area contributed by atoms with E-state index in [0.29, 0.717) is 11.2 Å². The van der Waals surface area contributed by atoms with Crippen molar-refractivity contribution in [2.75, 3.05) is 24.3 Å². The summed E-state index contributed by atoms with van der Waals surface area (Å²) in [6, 6.07) is 12.4. The summed E-state index contributed by atoms with van der Waals surface area (Å²) in [6.45, 7) is 0. The molecule has 0 radical (unpaired) electrons. The van der Waals surface area contributed by atoms with Crippen LogP contribution in [0.3, 0.4) is 0 Å². The predicted molar refractivity (Wildman–Crippen MR) is 91.1 cm³/mol. The molecule has 3 aromatic rings. The van der Waals surface area contributed by atoms with Crippen molar-refractivity contribution in [3.8, 4) is 0 Å². The van der Waals surface area contributed by atoms with Gasteiger partial charge in [-0.05, 0) is 29.7 Å². The standard InChI is InChI=1S/C17H16N4O2/c1-21(2)15-8-7-12(10-18-15)19-16(22)13-9-11-5-3-4-6-14(11)20-17(13)23/h3-10H,1-2H3,(H,19,22)(H,20,23). The molecule has 3 rings (SSSR count). The SMILES string of the molecule is CN(C)c1ccc(NC(=O)c2cc3ccccc3[nH]c2=O)cn1. The third kappa shape index (κ3) is 3.06. The first-order chi connectivity index (χ1) is 11.0. The summed E-state index contributed by atoms with van der Waals surface area (Å²) in [4.78, 5) is 33.2. The summed E-state index contributed by atoms with van der Waals surface area (Å²) >= 11 is 0. The number of nitrogens with zero attached hydrogens (tertiary/aromatic N) is 2. The summed E-state index contributed by atoms with van der Waals surface area (Å²) in [5.74, 6) is 0.322. The van der Waals surface area contributed by atoms with Gasteiger partial charge in [0.2, 0.25) is 0 Å². The fourth-order valence-corrected chi connectivity index (χ4v) is 2.24. The van der Waals surface area contributed by atoms with Gasteiger partial charge in [-0.1, -0.05) is 18.2 Å². The molecule has 0 aliphatic rings. The highest BCUT2D eigenvalue weighted by molar-refractivity contribution is 6.05. The molecular formula is C17H16N4O2. The summed E-state index contributed by atoms with van der Waals surface area (Å²) in [6.07, 6.45) is 1.56. The number of aromatic nitrogens is 2. The van der Waals surface area contributed by atoms with E-state index in [1.165, 1.54) is 0 Å². The number of nitrogens with one attached hydrogen (secondary N) is 2. The van der Waals surface area contributed by atoms with Gasteiger partial charge in [0.15, 0.2) is 0 Å². The number of pyridine rings is 2. The average molecular weight is 308 g/mol. The number of aromatic amines is 1. The second-order valence-corrected chi connectivity index (χ2v) is 5.35. The number of fused-ring (bicyclic) bond motifs is 1. The number of para-hydroxylation sites is 1. The zero-order valence-electron chi connectivity index (χ0n) is 12.8. The quantitative estimate of drug-likeness (QED) is 0.778. The number of benzene rings is 1. The maximum absolute atomic E-state index is 12.3. The maximum Gasteiger partial charge on any atom is 0.261 e. The van der Waals surface area contributed by atoms with Crippen molar-refractivity contribution in [2.45, 2.75) is 0 Å². The first-order valence-corrected chi connectivity index (χ1v) is 7.11. The van der Waals surface area contributed by atoms with Gasteiger partial charge in [0.1, 0.15) is 11.4 Å². The Hall–Kier alpha value is -3.15. The van der Waals surface area contributed by atoms with Crippen LogP contribution in [-0.2, 0) is 0 Å². The lowest BCUT2D eigenvalue weighted by Gasteiger charge is -2.11. The maximum atomic E-state index is 12.3. The summed E-state index contributed by atoms with van der Waals surface area (Å²) in [5, 5.41) is 3.49. The van der Waals surface area contributed by atoms with Gasteiger partial charge in [-0.25, -0.2) is 4.98 Å². The summed E-state index contributed by atoms with van der Waals surface area (Å²) in [7, 11) is 3.77. The third-order valence-electron chi connectivity index (χ3n) is 3.46. The molecule has 6 heteroatoms. The van der Waals surface area contributed by atoms with Crippen molar-refractivity contribution in [3.63, 3.8) is 0 Å². The molecule has 0 aliphatic carbocycles. The fraction of sp³-hybridized carbons (Fsp3) is 0.118. The number of anilines is 2. The van der Waals surface area contributed by atoms with Gasteiger partial charge in [-0.3, -0.25) is 9.59 Å². The molecule has 0 saturated carbocycles. The monoisotopic (exact) mass is 308 g/mol. The van der Waals surface area contributed by atoms with Crippen molar-refractivity contribution in [2.24, 2.45) is 0 Å². The lowest BCUT2D eigenvalue weighted by atomic mass is 10.1. The fourth-order valence-electron chi connectivity index (χ4n) is 2.24. The molecule has 2 heterocycles. The number of hydrogen-bond donors (Lipinski definition) is 2. The van der Waals surface area contributed by atoms with E-state index in [4.69, 9.17) is 0 Å². The Morgan fingerprint density at radius 3 is 2.65 bits per heavy atom. The highest BCUT2D eigenvalue weighted by Crippen LogP contribution is 2.14. The van der Waals surface area contributed by atoms with Crippen molar-refractivity contribution in [1.29, 1.82) is 0 Å². The molecule has 0 saturated heterocycles. The number of H-pyrrole nitrogens is 1. The van der Waals surface area contributed by atoms with E-state index < -0.39 is 11.5 Å². The Balaban J connectivity index is 1.88. The normalized spacial score (nSPS) is 10.5. The topological polar surface area (TPSA) is 78.1 Å². The van der Waals surface area contributed by atoms with E-state index in [0.717, 1.165) is 11.2 Å². The number of carbonyl (C=O) groups is 1. The van der Waals surface area contributed by atoms with Gasteiger partial charge in [-0.2, -0.15) is 0 Å². The molecule has 1 amide bonds. The Morgan fingerprint density at radius 2 is 1.96 bits per heavy atom. The zero-order chi connectivity index (χ0) is 16.4. The molecule has 116 valence electrons. The van der Waals surface area contributed by atoms with Crippen LogP contribution in [0.15, 0.2) is 53.5 Å². The van der Waals surface area contributed by atoms with Crippen LogP contribution in [0.25, 0.3) is 10.9 Å². The number of hydrogen-bond acceptors (Lipinski definition) is 4. The minimum Gasteiger partial charge on any atom is -0.363 e. The van der Waals surface area contributed by atoms with Gasteiger partial charge in [-0.15, -0.1) is 0 Å². The molecule has 0 bridgehead atoms. The Kier molecular flexibility index (Phi) is 3.80. The molecule has 23 heavy (non-hydrogen) atoms. The van der Waals surface area contributed by atoms with E-state index in [-0.39, 0.29) is 5.56 Å². The number of carbonyl (C=O) groups excluding carboxylic acids is 1. The van der Waals surface area contributed by atoms with Crippen molar-refractivity contribution in [3.05, 3.63) is 64.6 Å². The highest BCUT2D eigenvalue weighted by atomic mass is 16.2. The lowest BCUT2D eigenvalue weighted by Crippen LogP contribution is -2.23. The van der Waals surface area contributed by atoms with Crippen LogP contribution in [0.4, 0.5) is 11.5 Å². The molecule has 0 aliphatic heterocycles. The van der Waals surface area contributed by atoms with Crippen LogP contribution < -0.4 is 15.8 Å². The van der Waals surface area contributed by atoms with Crippen molar-refractivity contribution >= 4 is 28.3 Å². The molecule has 0 unspecified atom stereocenters. The summed E-state index contributed by atoms with van der Waals surface area (Å²) < 4.78 is 0. The molecule has 1 aromatic carbocycles. The van der Waals surface area contributed by atoms with Crippen LogP contribution in [0.2, 0.25) is 0 Å². The van der Waals surface area contributed by atoms with E-state index in [1.54, 1.807) is 30.5 Å². The van der Waals surface area contributed by atoms with Crippen LogP contribution >= 0.6 is 0 Å². The molecule has 0 fully saturated rings. The van der Waals surface area contributed by atoms with E-state index in [2.05, 4.69) is 15.3 Å². The van der Waals surface area contributed by atoms with Gasteiger partial charge in [0.25, 0.3) is 11.5 Å². The van der Waals surface area contributed by atoms with Crippen LogP contribution in [0, 0.1) is 0 Å². The predicted octanol–water partition coefficient (Wildman–Crippen LogP) is 2.24. The Morgan fingerprint density at radius 1 is 1.17 bits per heavy atom. The Bertz CT molecular complexity index is 914. The second-order valence-electron chi connectivity index (χ2n) is 5.35. The smallest absolute Gasteiger partial charge is 0.261 e. The molecular weight excluding hydrogens is 292 g/mol. The highest BCUT2D eigenvalue weighted by Gasteiger charge is 2.12. The lowest BCUT2D eigenvalue weighted by molar-refractivity contribution is 0.102. The zero-order valence-corrected chi connectivity index (χ0v) is 12.8. The Labute approximate surface area is 132 Å². The minimum absolute atomic E-state index is 0.0698. The average Bonchev–Trinajstić information content (AvgIpc) is 2.54. The largest absolute Gasteiger partial charge is 0.363 e. The van der Waals surface area contributed by atoms with E-state index in [1.807, 2.05) is 37.2 Å². The first kappa shape index (κ1) is 14.8. The molecule has 6 nitrogen and oxygen atoms in total. The number of amides is 1. The van der Waals surface area contributed by atoms with Crippen molar-refractivity contribution < 1.29 is 4.79 Å². The van der Waals surface area contributed by atoms with Crippen molar-refractivity contribution in [1.82, 2.24) is 9.97 Å². The van der Waals surface area contributed by atoms with Gasteiger partial charge in [0.05, 0.1) is 11.9 Å². The second kappa shape index (κ2) is 5.92. The molecule has 2 aromatic heterocycles. The van der Waals surface area contributed by atoms with Crippen LogP contribution in [-0.4, -0.2) is 30.0 Å². The van der Waals surface area contributed by atoms with Crippen LogP contribution in [0.5, 0.6) is 0 Å². The van der Waals surface area contributed by atoms with Gasteiger partial charge >= 0.3 is 0 Å². The van der Waals surface area contributed by atoms with Gasteiger partial charge < -0.3 is 15.2 Å². The molecule has 2 N–H and O–H groups in total. The molecule has 0 spiro atoms. The minimum atomic E-state index is -0.462. The first-order valence-electron chi connectivity index (χ1n) is 7.11.